The number of rotatable bonds is 3. The third kappa shape index (κ3) is 3.01. The standard InChI is InChI=1S/C8H12N2O2/c1-5-7(11)9-6(2)8(12)10(3)4/h5H,1-2H2,3-4H3,(H,9,11). The fourth-order valence-corrected chi connectivity index (χ4v) is 0.523. The summed E-state index contributed by atoms with van der Waals surface area (Å²) in [5, 5.41) is 2.27. The van der Waals surface area contributed by atoms with E-state index >= 15 is 0 Å². The van der Waals surface area contributed by atoms with E-state index in [0.29, 0.717) is 0 Å². The molecule has 4 heteroatoms. The number of carbonyl (C=O) groups is 2. The van der Waals surface area contributed by atoms with E-state index in [0.717, 1.165) is 6.08 Å². The Morgan fingerprint density at radius 3 is 2.25 bits per heavy atom. The van der Waals surface area contributed by atoms with Crippen molar-refractivity contribution in [3.8, 4) is 0 Å². The number of hydrogen-bond acceptors (Lipinski definition) is 2. The largest absolute Gasteiger partial charge is 0.344 e. The lowest BCUT2D eigenvalue weighted by Gasteiger charge is -2.11. The van der Waals surface area contributed by atoms with E-state index in [9.17, 15) is 9.59 Å². The first-order valence-corrected chi connectivity index (χ1v) is 3.33. The number of carbonyl (C=O) groups excluding carboxylic acids is 2. The first-order valence-electron chi connectivity index (χ1n) is 3.33. The zero-order chi connectivity index (χ0) is 9.72. The molecule has 0 radical (unpaired) electrons. The van der Waals surface area contributed by atoms with Gasteiger partial charge in [-0.25, -0.2) is 0 Å². The minimum Gasteiger partial charge on any atom is -0.344 e. The van der Waals surface area contributed by atoms with Crippen LogP contribution in [0.4, 0.5) is 0 Å². The van der Waals surface area contributed by atoms with Gasteiger partial charge in [0.2, 0.25) is 5.91 Å². The maximum absolute atomic E-state index is 11.1. The second kappa shape index (κ2) is 4.33. The van der Waals surface area contributed by atoms with Crippen LogP contribution in [0.2, 0.25) is 0 Å². The predicted molar refractivity (Wildman–Crippen MR) is 46.2 cm³/mol. The fourth-order valence-electron chi connectivity index (χ4n) is 0.523. The van der Waals surface area contributed by atoms with Gasteiger partial charge in [0.05, 0.1) is 5.70 Å². The third-order valence-corrected chi connectivity index (χ3v) is 1.12. The van der Waals surface area contributed by atoms with Crippen molar-refractivity contribution in [2.24, 2.45) is 0 Å². The Bertz CT molecular complexity index is 231. The van der Waals surface area contributed by atoms with Crippen molar-refractivity contribution in [3.63, 3.8) is 0 Å². The molecule has 0 aliphatic heterocycles. The minimum atomic E-state index is -0.435. The lowest BCUT2D eigenvalue weighted by molar-refractivity contribution is -0.126. The van der Waals surface area contributed by atoms with Gasteiger partial charge >= 0.3 is 0 Å². The van der Waals surface area contributed by atoms with Gasteiger partial charge in [0.25, 0.3) is 5.91 Å². The van der Waals surface area contributed by atoms with E-state index < -0.39 is 5.91 Å². The maximum Gasteiger partial charge on any atom is 0.269 e. The van der Waals surface area contributed by atoms with Gasteiger partial charge in [0, 0.05) is 14.1 Å². The number of hydrogen-bond donors (Lipinski definition) is 1. The van der Waals surface area contributed by atoms with Crippen molar-refractivity contribution in [1.29, 1.82) is 0 Å². The van der Waals surface area contributed by atoms with Crippen LogP contribution in [-0.4, -0.2) is 30.8 Å². The van der Waals surface area contributed by atoms with E-state index in [4.69, 9.17) is 0 Å². The molecule has 0 fully saturated rings. The van der Waals surface area contributed by atoms with Crippen molar-refractivity contribution in [2.45, 2.75) is 0 Å². The molecule has 0 atom stereocenters. The summed E-state index contributed by atoms with van der Waals surface area (Å²) >= 11 is 0. The lowest BCUT2D eigenvalue weighted by Crippen LogP contribution is -2.32. The van der Waals surface area contributed by atoms with E-state index in [2.05, 4.69) is 18.5 Å². The summed E-state index contributed by atoms with van der Waals surface area (Å²) in [4.78, 5) is 23.1. The fraction of sp³-hybridized carbons (Fsp3) is 0.250. The first kappa shape index (κ1) is 10.4. The molecular formula is C8H12N2O2. The predicted octanol–water partition coefficient (Wildman–Crippen LogP) is -0.110. The van der Waals surface area contributed by atoms with Crippen LogP contribution in [0, 0.1) is 0 Å². The molecule has 0 heterocycles. The minimum absolute atomic E-state index is 0.0462. The summed E-state index contributed by atoms with van der Waals surface area (Å²) in [5.74, 6) is -0.764. The summed E-state index contributed by atoms with van der Waals surface area (Å²) < 4.78 is 0. The van der Waals surface area contributed by atoms with Crippen molar-refractivity contribution in [1.82, 2.24) is 10.2 Å². The van der Waals surface area contributed by atoms with E-state index in [1.807, 2.05) is 0 Å². The molecule has 0 rings (SSSR count). The van der Waals surface area contributed by atoms with Gasteiger partial charge in [0.15, 0.2) is 0 Å². The van der Waals surface area contributed by atoms with Gasteiger partial charge < -0.3 is 10.2 Å². The summed E-state index contributed by atoms with van der Waals surface area (Å²) in [6.45, 7) is 6.63. The van der Waals surface area contributed by atoms with Gasteiger partial charge in [-0.3, -0.25) is 9.59 Å². The molecule has 0 saturated heterocycles. The molecule has 0 spiro atoms. The van der Waals surface area contributed by atoms with Gasteiger partial charge in [-0.05, 0) is 6.08 Å². The van der Waals surface area contributed by atoms with Crippen LogP contribution in [0.25, 0.3) is 0 Å². The molecule has 0 saturated carbocycles. The molecule has 0 aliphatic rings. The number of nitrogens with zero attached hydrogens (tertiary/aromatic N) is 1. The van der Waals surface area contributed by atoms with Crippen LogP contribution in [0.15, 0.2) is 24.9 Å². The number of nitrogens with one attached hydrogen (secondary N) is 1. The molecule has 0 aromatic carbocycles. The van der Waals surface area contributed by atoms with Crippen molar-refractivity contribution < 1.29 is 9.59 Å². The highest BCUT2D eigenvalue weighted by molar-refractivity contribution is 5.99. The Labute approximate surface area is 71.5 Å². The Morgan fingerprint density at radius 1 is 1.42 bits per heavy atom. The number of likely N-dealkylation sites (N-methyl/N-ethyl adjacent to an activating group) is 1. The molecule has 1 N–H and O–H groups in total. The second-order valence-corrected chi connectivity index (χ2v) is 2.37. The van der Waals surface area contributed by atoms with Crippen molar-refractivity contribution in [2.75, 3.05) is 14.1 Å². The van der Waals surface area contributed by atoms with Crippen LogP contribution >= 0.6 is 0 Å². The quantitative estimate of drug-likeness (QED) is 0.598. The van der Waals surface area contributed by atoms with E-state index in [1.54, 1.807) is 14.1 Å². The summed E-state index contributed by atoms with van der Waals surface area (Å²) in [5.41, 5.74) is 0.0462. The second-order valence-electron chi connectivity index (χ2n) is 2.37. The van der Waals surface area contributed by atoms with Gasteiger partial charge in [0.1, 0.15) is 0 Å². The summed E-state index contributed by atoms with van der Waals surface area (Å²) in [6, 6.07) is 0. The first-order chi connectivity index (χ1) is 5.49. The number of amides is 2. The molecule has 2 amide bonds. The lowest BCUT2D eigenvalue weighted by atomic mass is 10.4. The van der Waals surface area contributed by atoms with Crippen LogP contribution < -0.4 is 5.32 Å². The highest BCUT2D eigenvalue weighted by Gasteiger charge is 2.09. The van der Waals surface area contributed by atoms with Gasteiger partial charge in [-0.2, -0.15) is 0 Å². The average molecular weight is 168 g/mol. The van der Waals surface area contributed by atoms with Crippen LogP contribution in [0.5, 0.6) is 0 Å². The van der Waals surface area contributed by atoms with Gasteiger partial charge in [-0.1, -0.05) is 13.2 Å². The SMILES string of the molecule is C=CC(=O)NC(=C)C(=O)N(C)C. The topological polar surface area (TPSA) is 49.4 Å². The third-order valence-electron chi connectivity index (χ3n) is 1.12. The van der Waals surface area contributed by atoms with E-state index in [-0.39, 0.29) is 11.6 Å². The highest BCUT2D eigenvalue weighted by Crippen LogP contribution is 1.90. The monoisotopic (exact) mass is 168 g/mol. The van der Waals surface area contributed by atoms with Crippen LogP contribution in [-0.2, 0) is 9.59 Å². The van der Waals surface area contributed by atoms with Crippen LogP contribution in [0.3, 0.4) is 0 Å². The Morgan fingerprint density at radius 2 is 1.92 bits per heavy atom. The van der Waals surface area contributed by atoms with Crippen molar-refractivity contribution >= 4 is 11.8 Å². The molecule has 0 aromatic heterocycles. The molecule has 66 valence electrons. The molecule has 0 bridgehead atoms. The molecule has 0 unspecified atom stereocenters. The normalized spacial score (nSPS) is 8.50. The smallest absolute Gasteiger partial charge is 0.269 e. The Hall–Kier alpha value is -1.58. The summed E-state index contributed by atoms with van der Waals surface area (Å²) in [7, 11) is 3.15. The van der Waals surface area contributed by atoms with Gasteiger partial charge in [-0.15, -0.1) is 0 Å². The van der Waals surface area contributed by atoms with Crippen LogP contribution in [0.1, 0.15) is 0 Å². The molecule has 4 nitrogen and oxygen atoms in total. The highest BCUT2D eigenvalue weighted by atomic mass is 16.2. The Kier molecular flexibility index (Phi) is 3.76. The van der Waals surface area contributed by atoms with Crippen molar-refractivity contribution in [3.05, 3.63) is 24.9 Å². The zero-order valence-electron chi connectivity index (χ0n) is 7.26. The molecule has 0 aliphatic carbocycles. The average Bonchev–Trinajstić information content (AvgIpc) is 2.02. The molecule has 12 heavy (non-hydrogen) atoms. The Balaban J connectivity index is 4.14. The molecular weight excluding hydrogens is 156 g/mol. The van der Waals surface area contributed by atoms with E-state index in [1.165, 1.54) is 4.90 Å². The maximum atomic E-state index is 11.1. The summed E-state index contributed by atoms with van der Waals surface area (Å²) in [6.07, 6.45) is 1.08. The zero-order valence-corrected chi connectivity index (χ0v) is 7.26. The molecule has 0 aromatic rings.